The van der Waals surface area contributed by atoms with Crippen LogP contribution in [0, 0.1) is 0 Å². The molecule has 2 heterocycles. The first kappa shape index (κ1) is 16.8. The minimum absolute atomic E-state index is 0.0147. The van der Waals surface area contributed by atoms with Gasteiger partial charge in [-0.25, -0.2) is 4.98 Å². The van der Waals surface area contributed by atoms with Gasteiger partial charge in [-0.3, -0.25) is 4.79 Å². The van der Waals surface area contributed by atoms with Gasteiger partial charge in [0.15, 0.2) is 0 Å². The molecule has 24 heavy (non-hydrogen) atoms. The van der Waals surface area contributed by atoms with E-state index in [4.69, 9.17) is 4.74 Å². The highest BCUT2D eigenvalue weighted by atomic mass is 32.2. The summed E-state index contributed by atoms with van der Waals surface area (Å²) < 4.78 is 5.51. The third kappa shape index (κ3) is 3.90. The second-order valence-corrected chi connectivity index (χ2v) is 6.95. The number of ether oxygens (including phenoxy) is 1. The zero-order valence-corrected chi connectivity index (χ0v) is 14.7. The van der Waals surface area contributed by atoms with Crippen LogP contribution >= 0.6 is 11.8 Å². The van der Waals surface area contributed by atoms with Crippen molar-refractivity contribution in [1.82, 2.24) is 9.88 Å². The Morgan fingerprint density at radius 3 is 2.88 bits per heavy atom. The molecule has 0 spiro atoms. The second kappa shape index (κ2) is 8.20. The van der Waals surface area contributed by atoms with Crippen LogP contribution in [-0.4, -0.2) is 41.2 Å². The van der Waals surface area contributed by atoms with Crippen molar-refractivity contribution in [2.45, 2.75) is 18.6 Å². The zero-order valence-electron chi connectivity index (χ0n) is 13.9. The summed E-state index contributed by atoms with van der Waals surface area (Å²) in [5.41, 5.74) is 1.90. The Balaban J connectivity index is 1.71. The van der Waals surface area contributed by atoms with Gasteiger partial charge in [-0.2, -0.15) is 11.8 Å². The summed E-state index contributed by atoms with van der Waals surface area (Å²) in [6, 6.07) is 14.1. The Labute approximate surface area is 147 Å². The Bertz CT molecular complexity index is 678. The van der Waals surface area contributed by atoms with Gasteiger partial charge in [-0.1, -0.05) is 30.3 Å². The minimum Gasteiger partial charge on any atom is -0.477 e. The number of thioether (sulfide) groups is 1. The van der Waals surface area contributed by atoms with Crippen LogP contribution in [0.2, 0.25) is 0 Å². The van der Waals surface area contributed by atoms with Gasteiger partial charge in [-0.05, 0) is 31.0 Å². The first-order valence-electron chi connectivity index (χ1n) is 8.33. The molecule has 1 aromatic heterocycles. The summed E-state index contributed by atoms with van der Waals surface area (Å²) in [4.78, 5) is 19.0. The van der Waals surface area contributed by atoms with E-state index in [2.05, 4.69) is 29.2 Å². The molecule has 0 N–H and O–H groups in total. The number of nitrogens with zero attached hydrogens (tertiary/aromatic N) is 2. The van der Waals surface area contributed by atoms with E-state index in [-0.39, 0.29) is 5.91 Å². The summed E-state index contributed by atoms with van der Waals surface area (Å²) in [5.74, 6) is 1.39. The van der Waals surface area contributed by atoms with Crippen molar-refractivity contribution in [2.24, 2.45) is 0 Å². The molecular weight excluding hydrogens is 320 g/mol. The summed E-state index contributed by atoms with van der Waals surface area (Å²) >= 11 is 1.93. The summed E-state index contributed by atoms with van der Waals surface area (Å²) in [5, 5.41) is 0.448. The van der Waals surface area contributed by atoms with Gasteiger partial charge < -0.3 is 9.64 Å². The number of amides is 1. The molecule has 0 aliphatic carbocycles. The molecule has 126 valence electrons. The van der Waals surface area contributed by atoms with Crippen molar-refractivity contribution in [3.8, 4) is 5.88 Å². The Morgan fingerprint density at radius 1 is 1.25 bits per heavy atom. The van der Waals surface area contributed by atoms with Crippen LogP contribution in [0.3, 0.4) is 0 Å². The lowest BCUT2D eigenvalue weighted by Crippen LogP contribution is -2.33. The van der Waals surface area contributed by atoms with E-state index < -0.39 is 0 Å². The molecule has 1 amide bonds. The maximum Gasteiger partial charge on any atom is 0.259 e. The molecule has 1 aliphatic heterocycles. The maximum absolute atomic E-state index is 12.9. The van der Waals surface area contributed by atoms with Crippen molar-refractivity contribution in [3.05, 3.63) is 59.8 Å². The average molecular weight is 342 g/mol. The zero-order chi connectivity index (χ0) is 16.8. The topological polar surface area (TPSA) is 42.4 Å². The van der Waals surface area contributed by atoms with Crippen molar-refractivity contribution in [2.75, 3.05) is 25.4 Å². The van der Waals surface area contributed by atoms with Crippen molar-refractivity contribution < 1.29 is 9.53 Å². The highest BCUT2D eigenvalue weighted by Crippen LogP contribution is 2.34. The van der Waals surface area contributed by atoms with Crippen LogP contribution in [-0.2, 0) is 0 Å². The molecule has 0 radical (unpaired) electrons. The standard InChI is InChI=1S/C19H22N2O2S/c1-2-23-18-16(9-6-11-20-18)19(22)21-12-10-17(24-14-13-21)15-7-4-3-5-8-15/h3-9,11,17H,2,10,12-14H2,1H3/t17-/m1/s1. The van der Waals surface area contributed by atoms with Crippen molar-refractivity contribution >= 4 is 17.7 Å². The Hall–Kier alpha value is -2.01. The lowest BCUT2D eigenvalue weighted by atomic mass is 10.1. The maximum atomic E-state index is 12.9. The number of carbonyl (C=O) groups excluding carboxylic acids is 1. The SMILES string of the molecule is CCOc1ncccc1C(=O)N1CCS[C@@H](c2ccccc2)CC1. The molecule has 1 atom stereocenters. The molecule has 4 nitrogen and oxygen atoms in total. The predicted molar refractivity (Wildman–Crippen MR) is 97.6 cm³/mol. The van der Waals surface area contributed by atoms with Crippen molar-refractivity contribution in [1.29, 1.82) is 0 Å². The highest BCUT2D eigenvalue weighted by Gasteiger charge is 2.25. The Morgan fingerprint density at radius 2 is 2.08 bits per heavy atom. The molecule has 0 bridgehead atoms. The van der Waals surface area contributed by atoms with Gasteiger partial charge in [0.25, 0.3) is 5.91 Å². The lowest BCUT2D eigenvalue weighted by Gasteiger charge is -2.21. The third-order valence-corrected chi connectivity index (χ3v) is 5.41. The lowest BCUT2D eigenvalue weighted by molar-refractivity contribution is 0.0761. The summed E-state index contributed by atoms with van der Waals surface area (Å²) in [7, 11) is 0. The van der Waals surface area contributed by atoms with E-state index >= 15 is 0 Å². The number of aromatic nitrogens is 1. The summed E-state index contributed by atoms with van der Waals surface area (Å²) in [6.07, 6.45) is 2.62. The van der Waals surface area contributed by atoms with Gasteiger partial charge in [0.2, 0.25) is 5.88 Å². The molecule has 1 saturated heterocycles. The first-order valence-corrected chi connectivity index (χ1v) is 9.38. The number of rotatable bonds is 4. The molecule has 1 aliphatic rings. The van der Waals surface area contributed by atoms with Crippen molar-refractivity contribution in [3.63, 3.8) is 0 Å². The fourth-order valence-corrected chi connectivity index (χ4v) is 4.11. The quantitative estimate of drug-likeness (QED) is 0.847. The van der Waals surface area contributed by atoms with Gasteiger partial charge in [0.05, 0.1) is 6.61 Å². The van der Waals surface area contributed by atoms with Crippen LogP contribution in [0.15, 0.2) is 48.7 Å². The number of carbonyl (C=O) groups is 1. The normalized spacial score (nSPS) is 18.0. The molecule has 2 aromatic rings. The van der Waals surface area contributed by atoms with Gasteiger partial charge in [0, 0.05) is 30.3 Å². The van der Waals surface area contributed by atoms with E-state index in [1.807, 2.05) is 29.7 Å². The monoisotopic (exact) mass is 342 g/mol. The number of hydrogen-bond donors (Lipinski definition) is 0. The van der Waals surface area contributed by atoms with E-state index in [9.17, 15) is 4.79 Å². The van der Waals surface area contributed by atoms with Crippen LogP contribution in [0.1, 0.15) is 34.5 Å². The molecule has 0 unspecified atom stereocenters. The fraction of sp³-hybridized carbons (Fsp3) is 0.368. The van der Waals surface area contributed by atoms with Crippen LogP contribution in [0.4, 0.5) is 0 Å². The molecule has 0 saturated carbocycles. The van der Waals surface area contributed by atoms with Gasteiger partial charge in [-0.15, -0.1) is 0 Å². The number of benzene rings is 1. The molecule has 1 fully saturated rings. The smallest absolute Gasteiger partial charge is 0.259 e. The highest BCUT2D eigenvalue weighted by molar-refractivity contribution is 7.99. The van der Waals surface area contributed by atoms with Crippen LogP contribution in [0.25, 0.3) is 0 Å². The van der Waals surface area contributed by atoms with Crippen LogP contribution < -0.4 is 4.74 Å². The van der Waals surface area contributed by atoms with Gasteiger partial charge >= 0.3 is 0 Å². The molecule has 1 aromatic carbocycles. The van der Waals surface area contributed by atoms with Crippen LogP contribution in [0.5, 0.6) is 5.88 Å². The third-order valence-electron chi connectivity index (χ3n) is 4.08. The van der Waals surface area contributed by atoms with Gasteiger partial charge in [0.1, 0.15) is 5.56 Å². The summed E-state index contributed by atoms with van der Waals surface area (Å²) in [6.45, 7) is 3.92. The number of pyridine rings is 1. The average Bonchev–Trinajstić information content (AvgIpc) is 2.89. The molecule has 3 rings (SSSR count). The van der Waals surface area contributed by atoms with E-state index in [0.717, 1.165) is 25.3 Å². The fourth-order valence-electron chi connectivity index (χ4n) is 2.88. The van der Waals surface area contributed by atoms with E-state index in [0.29, 0.717) is 23.3 Å². The molecule has 5 heteroatoms. The second-order valence-electron chi connectivity index (χ2n) is 5.64. The predicted octanol–water partition coefficient (Wildman–Crippen LogP) is 3.80. The minimum atomic E-state index is 0.0147. The largest absolute Gasteiger partial charge is 0.477 e. The molecular formula is C19H22N2O2S. The van der Waals surface area contributed by atoms with E-state index in [1.54, 1.807) is 18.3 Å². The first-order chi connectivity index (χ1) is 11.8. The van der Waals surface area contributed by atoms with E-state index in [1.165, 1.54) is 5.56 Å². The Kier molecular flexibility index (Phi) is 5.75. The number of hydrogen-bond acceptors (Lipinski definition) is 4.